The highest BCUT2D eigenvalue weighted by molar-refractivity contribution is 6.30. The van der Waals surface area contributed by atoms with Gasteiger partial charge in [-0.1, -0.05) is 23.7 Å². The molecule has 1 aromatic carbocycles. The van der Waals surface area contributed by atoms with Gasteiger partial charge in [0.25, 0.3) is 0 Å². The zero-order chi connectivity index (χ0) is 14.5. The van der Waals surface area contributed by atoms with Crippen LogP contribution in [0.1, 0.15) is 18.4 Å². The number of likely N-dealkylation sites (tertiary alicyclic amines) is 1. The molecule has 1 heterocycles. The summed E-state index contributed by atoms with van der Waals surface area (Å²) in [7, 11) is 1.38. The summed E-state index contributed by atoms with van der Waals surface area (Å²) < 4.78 is 4.76. The number of ether oxygens (including phenoxy) is 1. The number of carbonyl (C=O) groups excluding carboxylic acids is 2. The highest BCUT2D eigenvalue weighted by atomic mass is 35.5. The van der Waals surface area contributed by atoms with Crippen molar-refractivity contribution in [3.05, 3.63) is 34.9 Å². The normalized spacial score (nSPS) is 18.7. The Balaban J connectivity index is 1.97. The largest absolute Gasteiger partial charge is 0.469 e. The van der Waals surface area contributed by atoms with Crippen molar-refractivity contribution < 1.29 is 14.3 Å². The van der Waals surface area contributed by atoms with E-state index in [1.54, 1.807) is 17.0 Å². The molecule has 0 N–H and O–H groups in total. The number of piperidine rings is 1. The zero-order valence-electron chi connectivity index (χ0n) is 11.5. The fourth-order valence-corrected chi connectivity index (χ4v) is 2.71. The van der Waals surface area contributed by atoms with Gasteiger partial charge in [0.05, 0.1) is 19.4 Å². The van der Waals surface area contributed by atoms with Gasteiger partial charge in [-0.25, -0.2) is 0 Å². The highest BCUT2D eigenvalue weighted by Gasteiger charge is 2.28. The Bertz CT molecular complexity index is 504. The molecule has 1 atom stereocenters. The van der Waals surface area contributed by atoms with Gasteiger partial charge >= 0.3 is 5.97 Å². The van der Waals surface area contributed by atoms with Crippen molar-refractivity contribution in [1.29, 1.82) is 0 Å². The molecule has 1 aromatic rings. The summed E-state index contributed by atoms with van der Waals surface area (Å²) in [5.41, 5.74) is 0.891. The fraction of sp³-hybridized carbons (Fsp3) is 0.467. The molecule has 1 fully saturated rings. The average molecular weight is 296 g/mol. The van der Waals surface area contributed by atoms with Gasteiger partial charge in [-0.05, 0) is 30.5 Å². The van der Waals surface area contributed by atoms with Gasteiger partial charge in [-0.15, -0.1) is 0 Å². The monoisotopic (exact) mass is 295 g/mol. The molecule has 0 radical (unpaired) electrons. The minimum absolute atomic E-state index is 0.0286. The first-order valence-corrected chi connectivity index (χ1v) is 7.08. The first kappa shape index (κ1) is 14.9. The zero-order valence-corrected chi connectivity index (χ0v) is 12.2. The molecule has 2 rings (SSSR count). The molecule has 1 amide bonds. The number of methoxy groups -OCH3 is 1. The van der Waals surface area contributed by atoms with E-state index in [2.05, 4.69) is 0 Å². The maximum atomic E-state index is 12.3. The number of amides is 1. The lowest BCUT2D eigenvalue weighted by molar-refractivity contribution is -0.148. The lowest BCUT2D eigenvalue weighted by Crippen LogP contribution is -2.43. The van der Waals surface area contributed by atoms with Crippen LogP contribution in [-0.2, 0) is 20.7 Å². The maximum absolute atomic E-state index is 12.3. The highest BCUT2D eigenvalue weighted by Crippen LogP contribution is 2.19. The molecule has 0 saturated carbocycles. The molecule has 0 unspecified atom stereocenters. The molecule has 4 nitrogen and oxygen atoms in total. The average Bonchev–Trinajstić information content (AvgIpc) is 2.46. The van der Waals surface area contributed by atoms with Crippen molar-refractivity contribution >= 4 is 23.5 Å². The predicted molar refractivity (Wildman–Crippen MR) is 76.5 cm³/mol. The van der Waals surface area contributed by atoms with E-state index in [4.69, 9.17) is 16.3 Å². The summed E-state index contributed by atoms with van der Waals surface area (Å²) in [4.78, 5) is 25.6. The van der Waals surface area contributed by atoms with E-state index in [9.17, 15) is 9.59 Å². The van der Waals surface area contributed by atoms with Gasteiger partial charge in [0.2, 0.25) is 5.91 Å². The number of hydrogen-bond donors (Lipinski definition) is 0. The lowest BCUT2D eigenvalue weighted by atomic mass is 9.97. The third kappa shape index (κ3) is 3.73. The van der Waals surface area contributed by atoms with Crippen molar-refractivity contribution in [2.75, 3.05) is 20.2 Å². The number of halogens is 1. The van der Waals surface area contributed by atoms with Gasteiger partial charge in [0.1, 0.15) is 0 Å². The van der Waals surface area contributed by atoms with Gasteiger partial charge in [-0.3, -0.25) is 9.59 Å². The van der Waals surface area contributed by atoms with Crippen LogP contribution in [0.2, 0.25) is 5.02 Å². The van der Waals surface area contributed by atoms with Crippen molar-refractivity contribution in [2.24, 2.45) is 5.92 Å². The molecule has 5 heteroatoms. The summed E-state index contributed by atoms with van der Waals surface area (Å²) in [5, 5.41) is 0.626. The van der Waals surface area contributed by atoms with E-state index < -0.39 is 0 Å². The number of esters is 1. The predicted octanol–water partition coefficient (Wildman–Crippen LogP) is 2.29. The number of benzene rings is 1. The SMILES string of the molecule is COC(=O)[C@H]1CCCN(C(=O)Cc2cccc(Cl)c2)C1. The number of carbonyl (C=O) groups is 2. The van der Waals surface area contributed by atoms with E-state index in [-0.39, 0.29) is 17.8 Å². The van der Waals surface area contributed by atoms with E-state index in [0.717, 1.165) is 18.4 Å². The van der Waals surface area contributed by atoms with Crippen LogP contribution in [0.4, 0.5) is 0 Å². The fourth-order valence-electron chi connectivity index (χ4n) is 2.50. The number of nitrogens with zero attached hydrogens (tertiary/aromatic N) is 1. The Morgan fingerprint density at radius 3 is 2.95 bits per heavy atom. The second-order valence-corrected chi connectivity index (χ2v) is 5.45. The van der Waals surface area contributed by atoms with Crippen LogP contribution in [0.25, 0.3) is 0 Å². The van der Waals surface area contributed by atoms with Gasteiger partial charge in [0, 0.05) is 18.1 Å². The quantitative estimate of drug-likeness (QED) is 0.804. The van der Waals surface area contributed by atoms with Crippen LogP contribution < -0.4 is 0 Å². The van der Waals surface area contributed by atoms with Crippen molar-refractivity contribution in [3.8, 4) is 0 Å². The first-order valence-electron chi connectivity index (χ1n) is 6.70. The van der Waals surface area contributed by atoms with Crippen LogP contribution in [0.3, 0.4) is 0 Å². The summed E-state index contributed by atoms with van der Waals surface area (Å²) in [6, 6.07) is 7.29. The minimum atomic E-state index is -0.231. The topological polar surface area (TPSA) is 46.6 Å². The first-order chi connectivity index (χ1) is 9.60. The second-order valence-electron chi connectivity index (χ2n) is 5.01. The molecule has 1 aliphatic rings. The van der Waals surface area contributed by atoms with E-state index >= 15 is 0 Å². The Morgan fingerprint density at radius 1 is 1.45 bits per heavy atom. The van der Waals surface area contributed by atoms with E-state index in [1.165, 1.54) is 7.11 Å². The van der Waals surface area contributed by atoms with Gasteiger partial charge < -0.3 is 9.64 Å². The molecular weight excluding hydrogens is 278 g/mol. The van der Waals surface area contributed by atoms with Crippen LogP contribution in [-0.4, -0.2) is 37.0 Å². The van der Waals surface area contributed by atoms with Crippen molar-refractivity contribution in [2.45, 2.75) is 19.3 Å². The van der Waals surface area contributed by atoms with Crippen molar-refractivity contribution in [3.63, 3.8) is 0 Å². The second kappa shape index (κ2) is 6.75. The molecule has 0 aliphatic carbocycles. The van der Waals surface area contributed by atoms with Gasteiger partial charge in [-0.2, -0.15) is 0 Å². The third-order valence-corrected chi connectivity index (χ3v) is 3.79. The maximum Gasteiger partial charge on any atom is 0.310 e. The standard InChI is InChI=1S/C15H18ClNO3/c1-20-15(19)12-5-3-7-17(10-12)14(18)9-11-4-2-6-13(16)8-11/h2,4,6,8,12H,3,5,7,9-10H2,1H3/t12-/m0/s1. The van der Waals surface area contributed by atoms with E-state index in [1.807, 2.05) is 12.1 Å². The molecule has 20 heavy (non-hydrogen) atoms. The Hall–Kier alpha value is -1.55. The minimum Gasteiger partial charge on any atom is -0.469 e. The summed E-state index contributed by atoms with van der Waals surface area (Å²) in [6.07, 6.45) is 1.93. The van der Waals surface area contributed by atoms with E-state index in [0.29, 0.717) is 24.5 Å². The molecular formula is C15H18ClNO3. The molecule has 1 aliphatic heterocycles. The number of hydrogen-bond acceptors (Lipinski definition) is 3. The summed E-state index contributed by atoms with van der Waals surface area (Å²) >= 11 is 5.91. The molecule has 108 valence electrons. The smallest absolute Gasteiger partial charge is 0.310 e. The van der Waals surface area contributed by atoms with Crippen LogP contribution in [0.5, 0.6) is 0 Å². The summed E-state index contributed by atoms with van der Waals surface area (Å²) in [5.74, 6) is -0.400. The van der Waals surface area contributed by atoms with Crippen LogP contribution >= 0.6 is 11.6 Å². The molecule has 1 saturated heterocycles. The Kier molecular flexibility index (Phi) is 5.01. The van der Waals surface area contributed by atoms with Gasteiger partial charge in [0.15, 0.2) is 0 Å². The van der Waals surface area contributed by atoms with Crippen LogP contribution in [0.15, 0.2) is 24.3 Å². The third-order valence-electron chi connectivity index (χ3n) is 3.55. The Labute approximate surface area is 123 Å². The Morgan fingerprint density at radius 2 is 2.25 bits per heavy atom. The summed E-state index contributed by atoms with van der Waals surface area (Å²) in [6.45, 7) is 1.15. The lowest BCUT2D eigenvalue weighted by Gasteiger charge is -2.31. The van der Waals surface area contributed by atoms with Crippen molar-refractivity contribution in [1.82, 2.24) is 4.90 Å². The molecule has 0 spiro atoms. The number of rotatable bonds is 3. The van der Waals surface area contributed by atoms with Crippen LogP contribution in [0, 0.1) is 5.92 Å². The molecule has 0 aromatic heterocycles. The molecule has 0 bridgehead atoms.